The first kappa shape index (κ1) is 20.1. The molecule has 0 radical (unpaired) electrons. The van der Waals surface area contributed by atoms with E-state index in [9.17, 15) is 13.2 Å². The number of methoxy groups -OCH3 is 1. The van der Waals surface area contributed by atoms with Gasteiger partial charge in [-0.15, -0.1) is 0 Å². The van der Waals surface area contributed by atoms with Gasteiger partial charge >= 0.3 is 0 Å². The molecule has 1 fully saturated rings. The number of benzene rings is 1. The lowest BCUT2D eigenvalue weighted by molar-refractivity contribution is -0.120. The molecule has 28 heavy (non-hydrogen) atoms. The van der Waals surface area contributed by atoms with E-state index >= 15 is 0 Å². The summed E-state index contributed by atoms with van der Waals surface area (Å²) in [7, 11) is -1.63. The van der Waals surface area contributed by atoms with E-state index in [-0.39, 0.29) is 17.7 Å². The Bertz CT molecular complexity index is 923. The predicted octanol–water partition coefficient (Wildman–Crippen LogP) is 2.49. The molecule has 1 aromatic heterocycles. The van der Waals surface area contributed by atoms with E-state index in [1.165, 1.54) is 10.6 Å². The molecule has 2 heterocycles. The number of anilines is 1. The summed E-state index contributed by atoms with van der Waals surface area (Å²) in [6.45, 7) is 0.693. The number of hydrogen-bond donors (Lipinski definition) is 1. The normalized spacial score (nSPS) is 15.8. The summed E-state index contributed by atoms with van der Waals surface area (Å²) >= 11 is 0. The fraction of sp³-hybridized carbons (Fsp3) is 0.368. The fourth-order valence-corrected chi connectivity index (χ4v) is 3.88. The number of piperidine rings is 1. The number of rotatable bonds is 6. The van der Waals surface area contributed by atoms with Gasteiger partial charge in [0.25, 0.3) is 0 Å². The van der Waals surface area contributed by atoms with Crippen molar-refractivity contribution in [2.75, 3.05) is 31.8 Å². The van der Waals surface area contributed by atoms with E-state index < -0.39 is 10.0 Å². The Kier molecular flexibility index (Phi) is 6.15. The largest absolute Gasteiger partial charge is 0.497 e. The van der Waals surface area contributed by atoms with Crippen LogP contribution in [-0.2, 0) is 14.8 Å². The minimum absolute atomic E-state index is 0.166. The topological polar surface area (TPSA) is 97.8 Å². The van der Waals surface area contributed by atoms with Crippen molar-refractivity contribution >= 4 is 21.6 Å². The van der Waals surface area contributed by atoms with E-state index in [0.717, 1.165) is 0 Å². The summed E-state index contributed by atoms with van der Waals surface area (Å²) in [5.41, 5.74) is 0.467. The molecule has 3 rings (SSSR count). The molecule has 0 atom stereocenters. The quantitative estimate of drug-likeness (QED) is 0.793. The molecule has 1 aliphatic rings. The third kappa shape index (κ3) is 4.99. The molecule has 0 aliphatic carbocycles. The van der Waals surface area contributed by atoms with Gasteiger partial charge in [0.05, 0.1) is 13.4 Å². The highest BCUT2D eigenvalue weighted by Crippen LogP contribution is 2.29. The average molecular weight is 405 g/mol. The first-order valence-electron chi connectivity index (χ1n) is 8.90. The maximum absolute atomic E-state index is 12.6. The van der Waals surface area contributed by atoms with E-state index in [1.807, 2.05) is 0 Å². The summed E-state index contributed by atoms with van der Waals surface area (Å²) in [5, 5.41) is 2.86. The summed E-state index contributed by atoms with van der Waals surface area (Å²) in [4.78, 5) is 16.8. The third-order valence-electron chi connectivity index (χ3n) is 4.60. The zero-order valence-electron chi connectivity index (χ0n) is 15.8. The number of carbonyl (C=O) groups is 1. The number of nitrogens with zero attached hydrogens (tertiary/aromatic N) is 2. The molecule has 0 saturated carbocycles. The van der Waals surface area contributed by atoms with Gasteiger partial charge in [-0.3, -0.25) is 4.79 Å². The minimum atomic E-state index is -3.22. The summed E-state index contributed by atoms with van der Waals surface area (Å²) in [5.74, 6) is 1.14. The minimum Gasteiger partial charge on any atom is -0.497 e. The molecule has 8 nitrogen and oxygen atoms in total. The van der Waals surface area contributed by atoms with Crippen LogP contribution in [-0.4, -0.2) is 50.1 Å². The molecule has 150 valence electrons. The van der Waals surface area contributed by atoms with Crippen molar-refractivity contribution in [1.82, 2.24) is 9.29 Å². The van der Waals surface area contributed by atoms with Crippen LogP contribution in [0, 0.1) is 5.92 Å². The van der Waals surface area contributed by atoms with Crippen LogP contribution in [0.25, 0.3) is 0 Å². The summed E-state index contributed by atoms with van der Waals surface area (Å²) in [6.07, 6.45) is 3.73. The zero-order valence-corrected chi connectivity index (χ0v) is 16.6. The smallest absolute Gasteiger partial charge is 0.243 e. The van der Waals surface area contributed by atoms with Crippen molar-refractivity contribution in [2.24, 2.45) is 5.92 Å². The van der Waals surface area contributed by atoms with Gasteiger partial charge in [0, 0.05) is 25.2 Å². The van der Waals surface area contributed by atoms with Crippen molar-refractivity contribution in [3.8, 4) is 17.4 Å². The first-order valence-corrected chi connectivity index (χ1v) is 10.7. The predicted molar refractivity (Wildman–Crippen MR) is 105 cm³/mol. The standard InChI is InChI=1S/C19H23N3O5S/c1-26-15-5-7-16(8-6-15)27-19-17(4-3-11-20-19)21-18(23)14-9-12-22(13-10-14)28(2,24)25/h3-8,11,14H,9-10,12-13H2,1-2H3,(H,21,23). The van der Waals surface area contributed by atoms with Gasteiger partial charge in [-0.25, -0.2) is 17.7 Å². The Morgan fingerprint density at radius 1 is 1.14 bits per heavy atom. The van der Waals surface area contributed by atoms with Crippen LogP contribution in [0.1, 0.15) is 12.8 Å². The van der Waals surface area contributed by atoms with E-state index in [1.54, 1.807) is 49.7 Å². The molecule has 2 aromatic rings. The summed E-state index contributed by atoms with van der Waals surface area (Å²) in [6, 6.07) is 10.5. The zero-order chi connectivity index (χ0) is 20.1. The number of carbonyl (C=O) groups excluding carboxylic acids is 1. The number of ether oxygens (including phenoxy) is 2. The molecule has 1 aliphatic heterocycles. The number of amides is 1. The second-order valence-electron chi connectivity index (χ2n) is 6.56. The van der Waals surface area contributed by atoms with E-state index in [4.69, 9.17) is 9.47 Å². The van der Waals surface area contributed by atoms with Crippen molar-refractivity contribution in [3.05, 3.63) is 42.6 Å². The Morgan fingerprint density at radius 3 is 2.39 bits per heavy atom. The molecule has 0 spiro atoms. The SMILES string of the molecule is COc1ccc(Oc2ncccc2NC(=O)C2CCN(S(C)(=O)=O)CC2)cc1. The van der Waals surface area contributed by atoms with Gasteiger partial charge in [0.15, 0.2) is 0 Å². The van der Waals surface area contributed by atoms with Gasteiger partial charge < -0.3 is 14.8 Å². The Labute approximate surface area is 164 Å². The first-order chi connectivity index (χ1) is 13.4. The third-order valence-corrected chi connectivity index (χ3v) is 5.90. The molecule has 1 saturated heterocycles. The molecular formula is C19H23N3O5S. The Hall–Kier alpha value is -2.65. The van der Waals surface area contributed by atoms with Crippen molar-refractivity contribution in [1.29, 1.82) is 0 Å². The van der Waals surface area contributed by atoms with Gasteiger partial charge in [0.2, 0.25) is 21.8 Å². The number of nitrogens with one attached hydrogen (secondary N) is 1. The van der Waals surface area contributed by atoms with Gasteiger partial charge in [-0.1, -0.05) is 0 Å². The molecule has 9 heteroatoms. The number of aromatic nitrogens is 1. The Morgan fingerprint density at radius 2 is 1.79 bits per heavy atom. The lowest BCUT2D eigenvalue weighted by Gasteiger charge is -2.29. The highest BCUT2D eigenvalue weighted by Gasteiger charge is 2.29. The van der Waals surface area contributed by atoms with Crippen LogP contribution in [0.5, 0.6) is 17.4 Å². The second kappa shape index (κ2) is 8.57. The lowest BCUT2D eigenvalue weighted by atomic mass is 9.97. The van der Waals surface area contributed by atoms with E-state index in [2.05, 4.69) is 10.3 Å². The maximum Gasteiger partial charge on any atom is 0.243 e. The molecule has 0 bridgehead atoms. The summed E-state index contributed by atoms with van der Waals surface area (Å²) < 4.78 is 35.5. The van der Waals surface area contributed by atoms with Gasteiger partial charge in [-0.05, 0) is 49.2 Å². The highest BCUT2D eigenvalue weighted by atomic mass is 32.2. The van der Waals surface area contributed by atoms with E-state index in [0.29, 0.717) is 43.1 Å². The van der Waals surface area contributed by atoms with Crippen molar-refractivity contribution in [2.45, 2.75) is 12.8 Å². The van der Waals surface area contributed by atoms with Crippen LogP contribution in [0.3, 0.4) is 0 Å². The van der Waals surface area contributed by atoms with Crippen LogP contribution < -0.4 is 14.8 Å². The van der Waals surface area contributed by atoms with Crippen LogP contribution in [0.2, 0.25) is 0 Å². The molecule has 1 amide bonds. The second-order valence-corrected chi connectivity index (χ2v) is 8.54. The number of pyridine rings is 1. The maximum atomic E-state index is 12.6. The van der Waals surface area contributed by atoms with Gasteiger partial charge in [0.1, 0.15) is 17.2 Å². The lowest BCUT2D eigenvalue weighted by Crippen LogP contribution is -2.40. The molecule has 1 aromatic carbocycles. The van der Waals surface area contributed by atoms with Gasteiger partial charge in [-0.2, -0.15) is 0 Å². The molecule has 1 N–H and O–H groups in total. The van der Waals surface area contributed by atoms with Crippen molar-refractivity contribution in [3.63, 3.8) is 0 Å². The number of hydrogen-bond acceptors (Lipinski definition) is 6. The van der Waals surface area contributed by atoms with Crippen LogP contribution in [0.15, 0.2) is 42.6 Å². The van der Waals surface area contributed by atoms with Crippen molar-refractivity contribution < 1.29 is 22.7 Å². The number of sulfonamides is 1. The fourth-order valence-electron chi connectivity index (χ4n) is 3.01. The van der Waals surface area contributed by atoms with Crippen LogP contribution >= 0.6 is 0 Å². The monoisotopic (exact) mass is 405 g/mol. The molecule has 0 unspecified atom stereocenters. The average Bonchev–Trinajstić information content (AvgIpc) is 2.69. The molecular weight excluding hydrogens is 382 g/mol. The van der Waals surface area contributed by atoms with Crippen LogP contribution in [0.4, 0.5) is 5.69 Å². The Balaban J connectivity index is 1.65. The highest BCUT2D eigenvalue weighted by molar-refractivity contribution is 7.88.